The standard InChI is InChI=1S/C14H16N2O2/c1-16-13(17)8-12(14(16)18)15-11-7-10(11)9-5-3-2-4-6-9/h2-6,8,10-11,15,17-18H,7H2,1H3. The number of hydrogen-bond donors (Lipinski definition) is 3. The predicted molar refractivity (Wildman–Crippen MR) is 70.0 cm³/mol. The van der Waals surface area contributed by atoms with Crippen molar-refractivity contribution >= 4 is 5.69 Å². The van der Waals surface area contributed by atoms with Gasteiger partial charge in [-0.1, -0.05) is 30.3 Å². The molecular weight excluding hydrogens is 228 g/mol. The Morgan fingerprint density at radius 3 is 2.56 bits per heavy atom. The Morgan fingerprint density at radius 2 is 1.94 bits per heavy atom. The molecule has 94 valence electrons. The van der Waals surface area contributed by atoms with Crippen molar-refractivity contribution in [1.29, 1.82) is 0 Å². The molecule has 1 aliphatic carbocycles. The molecule has 2 atom stereocenters. The second kappa shape index (κ2) is 3.98. The van der Waals surface area contributed by atoms with Crippen molar-refractivity contribution in [1.82, 2.24) is 4.57 Å². The van der Waals surface area contributed by atoms with Gasteiger partial charge in [0.2, 0.25) is 5.88 Å². The Hall–Kier alpha value is -2.10. The highest BCUT2D eigenvalue weighted by molar-refractivity contribution is 5.59. The van der Waals surface area contributed by atoms with Gasteiger partial charge in [-0.15, -0.1) is 0 Å². The number of nitrogens with zero attached hydrogens (tertiary/aromatic N) is 1. The second-order valence-corrected chi connectivity index (χ2v) is 4.80. The van der Waals surface area contributed by atoms with Crippen LogP contribution in [0.3, 0.4) is 0 Å². The Kier molecular flexibility index (Phi) is 2.44. The van der Waals surface area contributed by atoms with Gasteiger partial charge >= 0.3 is 0 Å². The Labute approximate surface area is 105 Å². The van der Waals surface area contributed by atoms with Crippen LogP contribution in [0, 0.1) is 0 Å². The van der Waals surface area contributed by atoms with Crippen molar-refractivity contribution in [2.24, 2.45) is 7.05 Å². The van der Waals surface area contributed by atoms with E-state index in [0.29, 0.717) is 17.6 Å². The monoisotopic (exact) mass is 244 g/mol. The first-order valence-corrected chi connectivity index (χ1v) is 6.06. The summed E-state index contributed by atoms with van der Waals surface area (Å²) in [5.41, 5.74) is 1.91. The van der Waals surface area contributed by atoms with E-state index >= 15 is 0 Å². The van der Waals surface area contributed by atoms with Gasteiger partial charge in [0.1, 0.15) is 5.69 Å². The van der Waals surface area contributed by atoms with E-state index in [1.165, 1.54) is 10.1 Å². The van der Waals surface area contributed by atoms with Crippen LogP contribution in [0.5, 0.6) is 11.8 Å². The first kappa shape index (κ1) is 11.0. The molecular formula is C14H16N2O2. The summed E-state index contributed by atoms with van der Waals surface area (Å²) >= 11 is 0. The molecule has 0 saturated heterocycles. The minimum Gasteiger partial charge on any atom is -0.494 e. The van der Waals surface area contributed by atoms with Crippen molar-refractivity contribution < 1.29 is 10.2 Å². The van der Waals surface area contributed by atoms with Gasteiger partial charge in [0.05, 0.1) is 0 Å². The lowest BCUT2D eigenvalue weighted by Crippen LogP contribution is -2.03. The largest absolute Gasteiger partial charge is 0.494 e. The lowest BCUT2D eigenvalue weighted by molar-refractivity contribution is 0.387. The van der Waals surface area contributed by atoms with Crippen molar-refractivity contribution in [2.75, 3.05) is 5.32 Å². The molecule has 1 fully saturated rings. The Bertz CT molecular complexity index is 563. The molecule has 3 rings (SSSR count). The molecule has 0 bridgehead atoms. The fraction of sp³-hybridized carbons (Fsp3) is 0.286. The molecule has 0 amide bonds. The molecule has 0 spiro atoms. The van der Waals surface area contributed by atoms with Crippen LogP contribution in [0.2, 0.25) is 0 Å². The zero-order chi connectivity index (χ0) is 12.7. The highest BCUT2D eigenvalue weighted by Crippen LogP contribution is 2.44. The molecule has 4 heteroatoms. The quantitative estimate of drug-likeness (QED) is 0.777. The van der Waals surface area contributed by atoms with E-state index in [4.69, 9.17) is 0 Å². The lowest BCUT2D eigenvalue weighted by atomic mass is 10.1. The van der Waals surface area contributed by atoms with Gasteiger partial charge < -0.3 is 15.5 Å². The molecule has 1 heterocycles. The van der Waals surface area contributed by atoms with E-state index in [2.05, 4.69) is 17.4 Å². The van der Waals surface area contributed by atoms with Gasteiger partial charge in [-0.25, -0.2) is 0 Å². The third-order valence-corrected chi connectivity index (χ3v) is 3.53. The van der Waals surface area contributed by atoms with Crippen LogP contribution in [0.1, 0.15) is 17.9 Å². The first-order chi connectivity index (χ1) is 8.66. The topological polar surface area (TPSA) is 57.4 Å². The summed E-state index contributed by atoms with van der Waals surface area (Å²) in [6.45, 7) is 0. The Morgan fingerprint density at radius 1 is 1.22 bits per heavy atom. The van der Waals surface area contributed by atoms with Crippen molar-refractivity contribution in [3.8, 4) is 11.8 Å². The normalized spacial score (nSPS) is 21.8. The molecule has 3 N–H and O–H groups in total. The molecule has 0 aliphatic heterocycles. The van der Waals surface area contributed by atoms with E-state index in [0.717, 1.165) is 6.42 Å². The minimum absolute atomic E-state index is 0.0620. The van der Waals surface area contributed by atoms with Gasteiger partial charge in [-0.3, -0.25) is 4.57 Å². The number of benzene rings is 1. The summed E-state index contributed by atoms with van der Waals surface area (Å²) in [6, 6.07) is 12.2. The van der Waals surface area contributed by atoms with E-state index in [1.54, 1.807) is 13.1 Å². The van der Waals surface area contributed by atoms with Crippen molar-refractivity contribution in [3.05, 3.63) is 42.0 Å². The summed E-state index contributed by atoms with van der Waals surface area (Å²) in [5, 5.41) is 22.6. The molecule has 2 aromatic rings. The minimum atomic E-state index is 0.0620. The molecule has 1 aromatic carbocycles. The van der Waals surface area contributed by atoms with E-state index in [-0.39, 0.29) is 11.8 Å². The summed E-state index contributed by atoms with van der Waals surface area (Å²) < 4.78 is 1.35. The van der Waals surface area contributed by atoms with Gasteiger partial charge in [0.15, 0.2) is 5.88 Å². The fourth-order valence-corrected chi connectivity index (χ4v) is 2.31. The zero-order valence-electron chi connectivity index (χ0n) is 10.2. The number of aromatic hydroxyl groups is 2. The number of rotatable bonds is 3. The van der Waals surface area contributed by atoms with Crippen LogP contribution in [-0.2, 0) is 7.05 Å². The first-order valence-electron chi connectivity index (χ1n) is 6.06. The summed E-state index contributed by atoms with van der Waals surface area (Å²) in [4.78, 5) is 0. The summed E-state index contributed by atoms with van der Waals surface area (Å²) in [7, 11) is 1.62. The SMILES string of the molecule is Cn1c(O)cc(NC2CC2c2ccccc2)c1O. The smallest absolute Gasteiger partial charge is 0.217 e. The van der Waals surface area contributed by atoms with Crippen LogP contribution in [0.4, 0.5) is 5.69 Å². The van der Waals surface area contributed by atoms with Gasteiger partial charge in [0, 0.05) is 25.1 Å². The van der Waals surface area contributed by atoms with Crippen LogP contribution < -0.4 is 5.32 Å². The Balaban J connectivity index is 1.71. The molecule has 1 aromatic heterocycles. The van der Waals surface area contributed by atoms with E-state index in [1.807, 2.05) is 18.2 Å². The molecule has 2 unspecified atom stereocenters. The summed E-state index contributed by atoms with van der Waals surface area (Å²) in [6.07, 6.45) is 1.05. The molecule has 4 nitrogen and oxygen atoms in total. The molecule has 18 heavy (non-hydrogen) atoms. The molecule has 1 saturated carbocycles. The average molecular weight is 244 g/mol. The van der Waals surface area contributed by atoms with Crippen LogP contribution in [0.25, 0.3) is 0 Å². The summed E-state index contributed by atoms with van der Waals surface area (Å²) in [5.74, 6) is 0.631. The third-order valence-electron chi connectivity index (χ3n) is 3.53. The van der Waals surface area contributed by atoms with Crippen molar-refractivity contribution in [2.45, 2.75) is 18.4 Å². The number of nitrogens with one attached hydrogen (secondary N) is 1. The number of aromatic nitrogens is 1. The third kappa shape index (κ3) is 1.79. The van der Waals surface area contributed by atoms with E-state index < -0.39 is 0 Å². The second-order valence-electron chi connectivity index (χ2n) is 4.80. The molecule has 1 aliphatic rings. The predicted octanol–water partition coefficient (Wildman–Crippen LogP) is 2.40. The zero-order valence-corrected chi connectivity index (χ0v) is 10.2. The van der Waals surface area contributed by atoms with Gasteiger partial charge in [-0.2, -0.15) is 0 Å². The van der Waals surface area contributed by atoms with E-state index in [9.17, 15) is 10.2 Å². The lowest BCUT2D eigenvalue weighted by Gasteiger charge is -2.04. The van der Waals surface area contributed by atoms with Crippen LogP contribution in [-0.4, -0.2) is 20.8 Å². The van der Waals surface area contributed by atoms with Crippen LogP contribution in [0.15, 0.2) is 36.4 Å². The number of anilines is 1. The maximum Gasteiger partial charge on any atom is 0.217 e. The van der Waals surface area contributed by atoms with Gasteiger partial charge in [-0.05, 0) is 12.0 Å². The van der Waals surface area contributed by atoms with Gasteiger partial charge in [0.25, 0.3) is 0 Å². The maximum atomic E-state index is 9.79. The van der Waals surface area contributed by atoms with Crippen LogP contribution >= 0.6 is 0 Å². The number of hydrogen-bond acceptors (Lipinski definition) is 3. The van der Waals surface area contributed by atoms with Crippen molar-refractivity contribution in [3.63, 3.8) is 0 Å². The highest BCUT2D eigenvalue weighted by atomic mass is 16.3. The fourth-order valence-electron chi connectivity index (χ4n) is 2.31. The highest BCUT2D eigenvalue weighted by Gasteiger charge is 2.38. The maximum absolute atomic E-state index is 9.79. The average Bonchev–Trinajstić information content (AvgIpc) is 3.11. The molecule has 0 radical (unpaired) electrons.